The van der Waals surface area contributed by atoms with Gasteiger partial charge in [-0.15, -0.1) is 0 Å². The molecule has 0 bridgehead atoms. The fourth-order valence-electron chi connectivity index (χ4n) is 3.02. The van der Waals surface area contributed by atoms with E-state index in [1.165, 1.54) is 60.7 Å². The quantitative estimate of drug-likeness (QED) is 0.188. The molecule has 0 aromatic heterocycles. The molecule has 1 amide bonds. The first-order valence-corrected chi connectivity index (χ1v) is 12.2. The number of ketones is 1. The van der Waals surface area contributed by atoms with Crippen LogP contribution in [0.5, 0.6) is 11.5 Å². The molecule has 184 valence electrons. The van der Waals surface area contributed by atoms with Crippen LogP contribution in [0.15, 0.2) is 60.7 Å². The predicted molar refractivity (Wildman–Crippen MR) is 130 cm³/mol. The summed E-state index contributed by atoms with van der Waals surface area (Å²) in [5.74, 6) is 1.05. The lowest BCUT2D eigenvalue weighted by atomic mass is 10.0. The van der Waals surface area contributed by atoms with E-state index in [0.29, 0.717) is 5.56 Å². The van der Waals surface area contributed by atoms with E-state index in [0.717, 1.165) is 0 Å². The molecule has 0 aliphatic heterocycles. The summed E-state index contributed by atoms with van der Waals surface area (Å²) in [7, 11) is -1.61. The van der Waals surface area contributed by atoms with Crippen molar-refractivity contribution < 1.29 is 31.9 Å². The average molecular weight is 546 g/mol. The number of hydrogen-bond donors (Lipinski definition) is 1. The number of alkyl halides is 3. The van der Waals surface area contributed by atoms with Crippen LogP contribution in [0.1, 0.15) is 21.5 Å². The highest BCUT2D eigenvalue weighted by Crippen LogP contribution is 2.33. The van der Waals surface area contributed by atoms with Crippen molar-refractivity contribution in [3.63, 3.8) is 0 Å². The number of benzene rings is 3. The van der Waals surface area contributed by atoms with E-state index >= 15 is 0 Å². The molecule has 3 aromatic rings. The zero-order valence-corrected chi connectivity index (χ0v) is 20.1. The van der Waals surface area contributed by atoms with E-state index in [-0.39, 0.29) is 44.9 Å². The molecular formula is C24H17Cl2F4NO3S. The molecule has 0 spiro atoms. The van der Waals surface area contributed by atoms with Gasteiger partial charge in [-0.25, -0.2) is 4.39 Å². The van der Waals surface area contributed by atoms with Crippen molar-refractivity contribution in [2.75, 3.05) is 5.75 Å². The second-order valence-electron chi connectivity index (χ2n) is 7.33. The first kappa shape index (κ1) is 26.7. The third kappa shape index (κ3) is 8.09. The highest BCUT2D eigenvalue weighted by Gasteiger charge is 2.28. The Hall–Kier alpha value is -2.88. The Bertz CT molecular complexity index is 1280. The van der Waals surface area contributed by atoms with Crippen LogP contribution in [-0.2, 0) is 11.2 Å². The maximum Gasteiger partial charge on any atom is 0.399 e. The van der Waals surface area contributed by atoms with Crippen molar-refractivity contribution in [1.29, 1.82) is 0 Å². The van der Waals surface area contributed by atoms with Crippen LogP contribution >= 0.6 is 33.9 Å². The molecule has 1 atom stereocenters. The van der Waals surface area contributed by atoms with Gasteiger partial charge in [-0.3, -0.25) is 9.59 Å². The Labute approximate surface area is 210 Å². The largest absolute Gasteiger partial charge is 0.456 e. The number of carbonyl (C=O) groups is 2. The summed E-state index contributed by atoms with van der Waals surface area (Å²) in [6.07, 6.45) is -4.68. The van der Waals surface area contributed by atoms with E-state index in [4.69, 9.17) is 27.9 Å². The van der Waals surface area contributed by atoms with Gasteiger partial charge in [0.2, 0.25) is 5.91 Å². The lowest BCUT2D eigenvalue weighted by Crippen LogP contribution is -2.24. The maximum absolute atomic E-state index is 13.1. The Balaban J connectivity index is 1.71. The Morgan fingerprint density at radius 3 is 2.26 bits per heavy atom. The molecule has 3 aromatic carbocycles. The topological polar surface area (TPSA) is 55.4 Å². The summed E-state index contributed by atoms with van der Waals surface area (Å²) in [5, 5.41) is 0.346. The molecule has 1 unspecified atom stereocenters. The van der Waals surface area contributed by atoms with Gasteiger partial charge in [-0.2, -0.15) is 13.2 Å². The van der Waals surface area contributed by atoms with Crippen LogP contribution in [-0.4, -0.2) is 29.5 Å². The van der Waals surface area contributed by atoms with Crippen molar-refractivity contribution >= 4 is 51.4 Å². The van der Waals surface area contributed by atoms with Crippen LogP contribution in [0.3, 0.4) is 0 Å². The van der Waals surface area contributed by atoms with Crippen molar-refractivity contribution in [2.24, 2.45) is 0 Å². The minimum atomic E-state index is -4.44. The highest BCUT2D eigenvalue weighted by molar-refractivity contribution is 8.12. The smallest absolute Gasteiger partial charge is 0.399 e. The van der Waals surface area contributed by atoms with Gasteiger partial charge in [0, 0.05) is 16.1 Å². The molecular weight excluding hydrogens is 529 g/mol. The number of amides is 1. The van der Waals surface area contributed by atoms with Crippen molar-refractivity contribution in [3.8, 4) is 11.5 Å². The SMILES string of the molecule is C=S(CC(F)(F)F)NC(=O)Cc1cc(Cl)cc(Oc2ccc(C(=O)c3ccc(F)cc3)cc2Cl)c1. The van der Waals surface area contributed by atoms with E-state index in [9.17, 15) is 27.2 Å². The van der Waals surface area contributed by atoms with Crippen LogP contribution in [0.2, 0.25) is 10.0 Å². The van der Waals surface area contributed by atoms with Crippen LogP contribution in [0.4, 0.5) is 17.6 Å². The minimum Gasteiger partial charge on any atom is -0.456 e. The molecule has 0 heterocycles. The highest BCUT2D eigenvalue weighted by atomic mass is 35.5. The summed E-state index contributed by atoms with van der Waals surface area (Å²) in [6.45, 7) is 0. The zero-order valence-electron chi connectivity index (χ0n) is 17.8. The Morgan fingerprint density at radius 1 is 0.971 bits per heavy atom. The molecule has 0 radical (unpaired) electrons. The van der Waals surface area contributed by atoms with Gasteiger partial charge in [-0.05, 0) is 66.2 Å². The first-order chi connectivity index (χ1) is 16.4. The molecule has 0 saturated carbocycles. The Morgan fingerprint density at radius 2 is 1.63 bits per heavy atom. The van der Waals surface area contributed by atoms with Crippen molar-refractivity contribution in [1.82, 2.24) is 4.72 Å². The number of rotatable bonds is 8. The first-order valence-electron chi connectivity index (χ1n) is 9.83. The van der Waals surface area contributed by atoms with Gasteiger partial charge in [0.05, 0.1) is 11.4 Å². The number of carbonyl (C=O) groups excluding carboxylic acids is 2. The molecule has 3 rings (SSSR count). The van der Waals surface area contributed by atoms with Gasteiger partial charge in [0.1, 0.15) is 23.1 Å². The van der Waals surface area contributed by atoms with Gasteiger partial charge < -0.3 is 9.46 Å². The maximum atomic E-state index is 13.1. The molecule has 4 nitrogen and oxygen atoms in total. The lowest BCUT2D eigenvalue weighted by Gasteiger charge is -2.13. The summed E-state index contributed by atoms with van der Waals surface area (Å²) >= 11 is 12.4. The second-order valence-corrected chi connectivity index (χ2v) is 9.65. The number of hydrogen-bond acceptors (Lipinski definition) is 3. The molecule has 0 aliphatic carbocycles. The van der Waals surface area contributed by atoms with Crippen LogP contribution < -0.4 is 9.46 Å². The minimum absolute atomic E-state index is 0.116. The normalized spacial score (nSPS) is 12.2. The number of nitrogens with one attached hydrogen (secondary N) is 1. The summed E-state index contributed by atoms with van der Waals surface area (Å²) in [4.78, 5) is 24.7. The summed E-state index contributed by atoms with van der Waals surface area (Å²) < 4.78 is 58.4. The Kier molecular flexibility index (Phi) is 8.58. The lowest BCUT2D eigenvalue weighted by molar-refractivity contribution is -0.118. The van der Waals surface area contributed by atoms with Gasteiger partial charge in [0.15, 0.2) is 5.78 Å². The van der Waals surface area contributed by atoms with Gasteiger partial charge in [-0.1, -0.05) is 39.7 Å². The van der Waals surface area contributed by atoms with Crippen molar-refractivity contribution in [2.45, 2.75) is 12.6 Å². The second kappa shape index (κ2) is 11.2. The molecule has 1 N–H and O–H groups in total. The van der Waals surface area contributed by atoms with Crippen molar-refractivity contribution in [3.05, 3.63) is 93.2 Å². The molecule has 0 aliphatic rings. The van der Waals surface area contributed by atoms with Gasteiger partial charge >= 0.3 is 6.18 Å². The van der Waals surface area contributed by atoms with E-state index < -0.39 is 34.3 Å². The average Bonchev–Trinajstić information content (AvgIpc) is 2.73. The van der Waals surface area contributed by atoms with E-state index in [1.807, 2.05) is 0 Å². The van der Waals surface area contributed by atoms with E-state index in [1.54, 1.807) is 0 Å². The van der Waals surface area contributed by atoms with Crippen LogP contribution in [0, 0.1) is 5.82 Å². The molecule has 0 saturated heterocycles. The van der Waals surface area contributed by atoms with Crippen LogP contribution in [0.25, 0.3) is 0 Å². The fourth-order valence-corrected chi connectivity index (χ4v) is 4.35. The summed E-state index contributed by atoms with van der Waals surface area (Å²) in [6, 6.07) is 13.9. The summed E-state index contributed by atoms with van der Waals surface area (Å²) in [5.41, 5.74) is 0.947. The monoisotopic (exact) mass is 545 g/mol. The standard InChI is InChI=1S/C24H17Cl2F4NO3S/c1-35(13-24(28,29)30)31-22(32)10-14-8-17(25)12-19(9-14)34-21-7-4-16(11-20(21)26)23(33)15-2-5-18(27)6-3-15/h2-9,11-12H,1,10,13H2,(H,31,32). The third-order valence-corrected chi connectivity index (χ3v) is 6.13. The zero-order chi connectivity index (χ0) is 25.8. The molecule has 35 heavy (non-hydrogen) atoms. The molecule has 11 heteroatoms. The predicted octanol–water partition coefficient (Wildman–Crippen LogP) is 6.99. The third-order valence-electron chi connectivity index (χ3n) is 4.42. The fraction of sp³-hybridized carbons (Fsp3) is 0.125. The number of ether oxygens (including phenoxy) is 1. The molecule has 0 fully saturated rings. The van der Waals surface area contributed by atoms with E-state index in [2.05, 4.69) is 10.6 Å². The van der Waals surface area contributed by atoms with Gasteiger partial charge in [0.25, 0.3) is 0 Å². The number of halogens is 6.